The normalized spacial score (nSPS) is 22.9. The SMILES string of the molecule is C=CC1=C(C)C(=CC2=NC(=C3c4[nH]c(Cc5[nH]c(C=O)c(C)c5CC)c(C)c4C(=O)C3C(=O)OC)C(CCC(=O)OC)C2C)NC1=O. The number of hydrogen-bond donors (Lipinski definition) is 3. The summed E-state index contributed by atoms with van der Waals surface area (Å²) in [5, 5.41) is 2.87. The molecule has 0 fully saturated rings. The number of hydrogen-bond acceptors (Lipinski definition) is 8. The predicted octanol–water partition coefficient (Wildman–Crippen LogP) is 4.80. The molecule has 3 N–H and O–H groups in total. The Kier molecular flexibility index (Phi) is 9.20. The number of carbonyl (C=O) groups excluding carboxylic acids is 5. The van der Waals surface area contributed by atoms with E-state index in [1.807, 2.05) is 34.6 Å². The van der Waals surface area contributed by atoms with Crippen LogP contribution in [0.3, 0.4) is 0 Å². The molecule has 0 bridgehead atoms. The van der Waals surface area contributed by atoms with E-state index in [2.05, 4.69) is 21.9 Å². The van der Waals surface area contributed by atoms with Gasteiger partial charge in [-0.05, 0) is 62.0 Å². The largest absolute Gasteiger partial charge is 0.469 e. The van der Waals surface area contributed by atoms with Gasteiger partial charge in [0.1, 0.15) is 5.92 Å². The van der Waals surface area contributed by atoms with E-state index < -0.39 is 11.9 Å². The number of fused-ring (bicyclic) bond motifs is 1. The van der Waals surface area contributed by atoms with E-state index in [9.17, 15) is 24.0 Å². The van der Waals surface area contributed by atoms with Gasteiger partial charge in [0.2, 0.25) is 0 Å². The number of rotatable bonds is 10. The van der Waals surface area contributed by atoms with Crippen molar-refractivity contribution in [3.8, 4) is 0 Å². The molecule has 0 saturated heterocycles. The summed E-state index contributed by atoms with van der Waals surface area (Å²) in [6.45, 7) is 13.3. The van der Waals surface area contributed by atoms with E-state index in [4.69, 9.17) is 14.5 Å². The molecule has 3 unspecified atom stereocenters. The fourth-order valence-corrected chi connectivity index (χ4v) is 7.10. The maximum atomic E-state index is 14.1. The van der Waals surface area contributed by atoms with E-state index in [0.717, 1.165) is 40.8 Å². The maximum Gasteiger partial charge on any atom is 0.321 e. The lowest BCUT2D eigenvalue weighted by atomic mass is 9.83. The number of aromatic amines is 2. The second-order valence-electron chi connectivity index (χ2n) is 12.2. The number of nitrogens with one attached hydrogen (secondary N) is 3. The summed E-state index contributed by atoms with van der Waals surface area (Å²) in [6.07, 6.45) is 5.69. The molecule has 0 radical (unpaired) electrons. The van der Waals surface area contributed by atoms with Gasteiger partial charge in [0.15, 0.2) is 12.1 Å². The average Bonchev–Trinajstić information content (AvgIpc) is 3.79. The van der Waals surface area contributed by atoms with Crippen LogP contribution >= 0.6 is 0 Å². The van der Waals surface area contributed by atoms with Crippen molar-refractivity contribution >= 4 is 41.2 Å². The second kappa shape index (κ2) is 13.0. The number of nitrogens with zero attached hydrogens (tertiary/aromatic N) is 1. The molecule has 11 heteroatoms. The molecule has 3 aliphatic rings. The number of aldehydes is 1. The lowest BCUT2D eigenvalue weighted by molar-refractivity contribution is -0.142. The summed E-state index contributed by atoms with van der Waals surface area (Å²) in [6, 6.07) is 0. The number of allylic oxidation sites excluding steroid dienone is 3. The van der Waals surface area contributed by atoms with Gasteiger partial charge in [-0.2, -0.15) is 0 Å². The van der Waals surface area contributed by atoms with Crippen LogP contribution in [0.25, 0.3) is 5.57 Å². The van der Waals surface area contributed by atoms with Gasteiger partial charge in [-0.3, -0.25) is 29.0 Å². The van der Waals surface area contributed by atoms with Crippen LogP contribution in [0.2, 0.25) is 0 Å². The molecular weight excluding hydrogens is 600 g/mol. The topological polar surface area (TPSA) is 160 Å². The monoisotopic (exact) mass is 640 g/mol. The summed E-state index contributed by atoms with van der Waals surface area (Å²) in [5.74, 6) is -3.58. The predicted molar refractivity (Wildman–Crippen MR) is 176 cm³/mol. The molecule has 0 spiro atoms. The van der Waals surface area contributed by atoms with Gasteiger partial charge in [-0.25, -0.2) is 0 Å². The molecule has 2 aromatic heterocycles. The first-order chi connectivity index (χ1) is 22.4. The van der Waals surface area contributed by atoms with Gasteiger partial charge in [-0.1, -0.05) is 26.5 Å². The Morgan fingerprint density at radius 2 is 1.77 bits per heavy atom. The number of aromatic nitrogens is 2. The Morgan fingerprint density at radius 1 is 1.04 bits per heavy atom. The van der Waals surface area contributed by atoms with E-state index in [0.29, 0.717) is 63.6 Å². The third-order valence-electron chi connectivity index (χ3n) is 9.82. The molecule has 5 rings (SSSR count). The molecule has 2 aromatic rings. The summed E-state index contributed by atoms with van der Waals surface area (Å²) in [5.41, 5.74) is 9.03. The van der Waals surface area contributed by atoms with Gasteiger partial charge < -0.3 is 24.8 Å². The Bertz CT molecular complexity index is 1860. The highest BCUT2D eigenvalue weighted by Gasteiger charge is 2.48. The van der Waals surface area contributed by atoms with Crippen LogP contribution in [-0.2, 0) is 36.7 Å². The van der Waals surface area contributed by atoms with Crippen LogP contribution in [0.1, 0.15) is 88.2 Å². The summed E-state index contributed by atoms with van der Waals surface area (Å²) >= 11 is 0. The fourth-order valence-electron chi connectivity index (χ4n) is 7.10. The Hall–Kier alpha value is -5.06. The first kappa shape index (κ1) is 33.3. The maximum absolute atomic E-state index is 14.1. The Morgan fingerprint density at radius 3 is 2.36 bits per heavy atom. The van der Waals surface area contributed by atoms with Gasteiger partial charge >= 0.3 is 11.9 Å². The van der Waals surface area contributed by atoms with Gasteiger partial charge in [0.05, 0.1) is 31.3 Å². The minimum absolute atomic E-state index is 0.0989. The van der Waals surface area contributed by atoms with Crippen LogP contribution in [0.5, 0.6) is 0 Å². The van der Waals surface area contributed by atoms with E-state index in [-0.39, 0.29) is 35.9 Å². The van der Waals surface area contributed by atoms with Crippen molar-refractivity contribution in [2.24, 2.45) is 22.7 Å². The van der Waals surface area contributed by atoms with Gasteiger partial charge in [0, 0.05) is 64.2 Å². The number of esters is 2. The second-order valence-corrected chi connectivity index (χ2v) is 12.2. The molecule has 0 aromatic carbocycles. The summed E-state index contributed by atoms with van der Waals surface area (Å²) < 4.78 is 10.1. The number of ketones is 1. The van der Waals surface area contributed by atoms with Crippen LogP contribution in [0.15, 0.2) is 46.3 Å². The number of carbonyl (C=O) groups is 5. The highest BCUT2D eigenvalue weighted by atomic mass is 16.5. The first-order valence-corrected chi connectivity index (χ1v) is 15.7. The van der Waals surface area contributed by atoms with E-state index >= 15 is 0 Å². The summed E-state index contributed by atoms with van der Waals surface area (Å²) in [7, 11) is 2.57. The van der Waals surface area contributed by atoms with E-state index in [1.165, 1.54) is 20.3 Å². The van der Waals surface area contributed by atoms with E-state index in [1.54, 1.807) is 6.08 Å². The molecule has 47 heavy (non-hydrogen) atoms. The van der Waals surface area contributed by atoms with Crippen LogP contribution in [-0.4, -0.2) is 59.8 Å². The zero-order valence-electron chi connectivity index (χ0n) is 27.8. The van der Waals surface area contributed by atoms with Crippen molar-refractivity contribution in [1.29, 1.82) is 0 Å². The smallest absolute Gasteiger partial charge is 0.321 e. The average molecular weight is 641 g/mol. The third-order valence-corrected chi connectivity index (χ3v) is 9.82. The Labute approximate surface area is 273 Å². The molecule has 11 nitrogen and oxygen atoms in total. The van der Waals surface area contributed by atoms with Crippen molar-refractivity contribution < 1.29 is 33.4 Å². The molecule has 1 amide bonds. The first-order valence-electron chi connectivity index (χ1n) is 15.7. The fraction of sp³-hybridized carbons (Fsp3) is 0.389. The lowest BCUT2D eigenvalue weighted by Gasteiger charge is -2.20. The number of ether oxygens (including phenoxy) is 2. The quantitative estimate of drug-likeness (QED) is 0.191. The molecule has 246 valence electrons. The number of methoxy groups -OCH3 is 2. The minimum atomic E-state index is -1.24. The van der Waals surface area contributed by atoms with Crippen molar-refractivity contribution in [3.63, 3.8) is 0 Å². The standard InChI is InChI=1S/C36H40N4O7/c1-9-20-16(3)27(15-41)37-26(20)14-25-19(6)29-33(39-25)30(31(34(29)43)36(45)47-8)32-22(11-12-28(42)46-7)18(5)23(38-32)13-24-17(4)21(10-2)35(44)40-24/h10,13,15,18,22,31,37,39H,2,9,11-12,14H2,1,3-8H3,(H,40,44). The lowest BCUT2D eigenvalue weighted by Crippen LogP contribution is -2.24. The number of Topliss-reactive ketones (excluding diaryl/α,β-unsaturated/α-hetero) is 1. The van der Waals surface area contributed by atoms with Gasteiger partial charge in [0.25, 0.3) is 5.91 Å². The Balaban J connectivity index is 1.70. The van der Waals surface area contributed by atoms with Crippen molar-refractivity contribution in [2.75, 3.05) is 14.2 Å². The van der Waals surface area contributed by atoms with Crippen molar-refractivity contribution in [2.45, 2.75) is 60.3 Å². The highest BCUT2D eigenvalue weighted by Crippen LogP contribution is 2.48. The third kappa shape index (κ3) is 5.53. The van der Waals surface area contributed by atoms with Crippen molar-refractivity contribution in [3.05, 3.63) is 86.3 Å². The molecule has 2 aliphatic heterocycles. The van der Waals surface area contributed by atoms with Crippen LogP contribution < -0.4 is 5.32 Å². The summed E-state index contributed by atoms with van der Waals surface area (Å²) in [4.78, 5) is 75.5. The zero-order chi connectivity index (χ0) is 34.3. The molecule has 3 atom stereocenters. The zero-order valence-corrected chi connectivity index (χ0v) is 27.8. The molecular formula is C36H40N4O7. The minimum Gasteiger partial charge on any atom is -0.469 e. The molecule has 0 saturated carbocycles. The van der Waals surface area contributed by atoms with Crippen LogP contribution in [0, 0.1) is 31.6 Å². The van der Waals surface area contributed by atoms with Crippen molar-refractivity contribution in [1.82, 2.24) is 15.3 Å². The highest BCUT2D eigenvalue weighted by molar-refractivity contribution is 6.24. The number of H-pyrrole nitrogens is 2. The number of aliphatic imine (C=N–C) groups is 1. The van der Waals surface area contributed by atoms with Gasteiger partial charge in [-0.15, -0.1) is 0 Å². The molecule has 4 heterocycles. The molecule has 1 aliphatic carbocycles. The van der Waals surface area contributed by atoms with Crippen LogP contribution in [0.4, 0.5) is 0 Å². The number of amides is 1.